The van der Waals surface area contributed by atoms with Gasteiger partial charge in [0.05, 0.1) is 16.7 Å². The minimum atomic E-state index is 0.578. The highest BCUT2D eigenvalue weighted by Gasteiger charge is 2.24. The molecular formula is C75H50N4. The van der Waals surface area contributed by atoms with Crippen molar-refractivity contribution in [2.24, 2.45) is 0 Å². The largest absolute Gasteiger partial charge is 0.308 e. The minimum Gasteiger partial charge on any atom is -0.308 e. The van der Waals surface area contributed by atoms with Crippen LogP contribution in [-0.4, -0.2) is 19.5 Å². The molecule has 14 rings (SSSR count). The van der Waals surface area contributed by atoms with Crippen LogP contribution in [0.1, 0.15) is 0 Å². The molecule has 0 unspecified atom stereocenters. The third-order valence-corrected chi connectivity index (χ3v) is 15.1. The van der Waals surface area contributed by atoms with E-state index in [4.69, 9.17) is 15.0 Å². The molecule has 0 atom stereocenters. The van der Waals surface area contributed by atoms with Gasteiger partial charge in [-0.1, -0.05) is 267 Å². The second kappa shape index (κ2) is 20.5. The maximum absolute atomic E-state index is 5.42. The molecule has 0 N–H and O–H groups in total. The maximum Gasteiger partial charge on any atom is 0.164 e. The summed E-state index contributed by atoms with van der Waals surface area (Å²) in [7, 11) is 0. The first-order valence-electron chi connectivity index (χ1n) is 26.8. The summed E-state index contributed by atoms with van der Waals surface area (Å²) in [6.07, 6.45) is 0. The van der Waals surface area contributed by atoms with Crippen molar-refractivity contribution in [1.29, 1.82) is 0 Å². The fraction of sp³-hybridized carbons (Fsp3) is 0. The molecule has 0 radical (unpaired) electrons. The number of hydrogen-bond donors (Lipinski definition) is 0. The Balaban J connectivity index is 1.06. The zero-order chi connectivity index (χ0) is 52.5. The van der Waals surface area contributed by atoms with Gasteiger partial charge in [-0.3, -0.25) is 0 Å². The molecule has 12 aromatic carbocycles. The first-order valence-corrected chi connectivity index (χ1v) is 26.8. The molecule has 0 saturated heterocycles. The van der Waals surface area contributed by atoms with E-state index in [1.165, 1.54) is 21.9 Å². The standard InChI is InChI=1S/C75H50N4/c1-7-19-51(20-8-1)56-31-37-59(38-32-56)66-49-65(75-77-73(61-29-17-6-18-30-61)76-74(78-75)62-41-35-58(36-42-62)53-23-11-3-12-24-53)50-67(60-39-33-57(34-40-60)52-21-9-2-10-22-52)72(66)79-70-45-43-63(54-25-13-4-14-26-54)47-68(70)69-48-64(44-46-71(69)79)55-27-15-5-16-28-55/h1-50H. The highest BCUT2D eigenvalue weighted by molar-refractivity contribution is 6.13. The third kappa shape index (κ3) is 9.18. The number of rotatable bonds is 11. The van der Waals surface area contributed by atoms with Gasteiger partial charge in [-0.15, -0.1) is 0 Å². The van der Waals surface area contributed by atoms with E-state index >= 15 is 0 Å². The Kier molecular flexibility index (Phi) is 12.2. The lowest BCUT2D eigenvalue weighted by atomic mass is 9.91. The van der Waals surface area contributed by atoms with Crippen LogP contribution >= 0.6 is 0 Å². The van der Waals surface area contributed by atoms with Crippen LogP contribution in [0.15, 0.2) is 303 Å². The first-order chi connectivity index (χ1) is 39.1. The number of benzene rings is 12. The predicted octanol–water partition coefficient (Wildman–Crippen LogP) is 19.6. The van der Waals surface area contributed by atoms with Gasteiger partial charge in [-0.2, -0.15) is 0 Å². The monoisotopic (exact) mass is 1010 g/mol. The van der Waals surface area contributed by atoms with E-state index in [1.807, 2.05) is 24.3 Å². The molecule has 0 saturated carbocycles. The van der Waals surface area contributed by atoms with Gasteiger partial charge in [0.25, 0.3) is 0 Å². The topological polar surface area (TPSA) is 43.6 Å². The quantitative estimate of drug-likeness (QED) is 0.130. The van der Waals surface area contributed by atoms with Crippen LogP contribution in [0.25, 0.3) is 140 Å². The molecule has 0 fully saturated rings. The Morgan fingerprint density at radius 1 is 0.190 bits per heavy atom. The zero-order valence-corrected chi connectivity index (χ0v) is 43.2. The SMILES string of the molecule is c1ccc(-c2ccc(-c3nc(-c4ccccc4)nc(-c4cc(-c5ccc(-c6ccccc6)cc5)c(-n5c6ccc(-c7ccccc7)cc6c6cc(-c7ccccc7)ccc65)c(-c5ccc(-c6ccccc6)cc5)c4)n3)cc2)cc1. The van der Waals surface area contributed by atoms with Gasteiger partial charge in [0.15, 0.2) is 17.5 Å². The van der Waals surface area contributed by atoms with Gasteiger partial charge in [0, 0.05) is 38.6 Å². The Bertz CT molecular complexity index is 4250. The Hall–Kier alpha value is -10.6. The molecule has 14 aromatic rings. The summed E-state index contributed by atoms with van der Waals surface area (Å²) >= 11 is 0. The second-order valence-electron chi connectivity index (χ2n) is 20.0. The van der Waals surface area contributed by atoms with Gasteiger partial charge >= 0.3 is 0 Å². The van der Waals surface area contributed by atoms with E-state index in [2.05, 4.69) is 284 Å². The van der Waals surface area contributed by atoms with Crippen molar-refractivity contribution in [3.05, 3.63) is 303 Å². The number of aromatic nitrogens is 4. The fourth-order valence-electron chi connectivity index (χ4n) is 11.1. The molecule has 2 heterocycles. The smallest absolute Gasteiger partial charge is 0.164 e. The van der Waals surface area contributed by atoms with Gasteiger partial charge in [0.1, 0.15) is 0 Å². The molecule has 0 aliphatic heterocycles. The molecule has 4 heteroatoms. The Labute approximate surface area is 460 Å². The molecule has 0 bridgehead atoms. The zero-order valence-electron chi connectivity index (χ0n) is 43.2. The maximum atomic E-state index is 5.42. The lowest BCUT2D eigenvalue weighted by Gasteiger charge is -2.21. The van der Waals surface area contributed by atoms with Crippen molar-refractivity contribution in [2.45, 2.75) is 0 Å². The van der Waals surface area contributed by atoms with Gasteiger partial charge < -0.3 is 4.57 Å². The molecule has 0 amide bonds. The predicted molar refractivity (Wildman–Crippen MR) is 329 cm³/mol. The molecule has 0 spiro atoms. The van der Waals surface area contributed by atoms with Crippen molar-refractivity contribution in [2.75, 3.05) is 0 Å². The Morgan fingerprint density at radius 3 is 0.772 bits per heavy atom. The summed E-state index contributed by atoms with van der Waals surface area (Å²) in [6, 6.07) is 108. The molecule has 79 heavy (non-hydrogen) atoms. The third-order valence-electron chi connectivity index (χ3n) is 15.1. The molecule has 0 aliphatic rings. The lowest BCUT2D eigenvalue weighted by Crippen LogP contribution is -2.04. The van der Waals surface area contributed by atoms with Gasteiger partial charge in [0.2, 0.25) is 0 Å². The number of nitrogens with zero attached hydrogens (tertiary/aromatic N) is 4. The van der Waals surface area contributed by atoms with E-state index < -0.39 is 0 Å². The van der Waals surface area contributed by atoms with E-state index in [1.54, 1.807) is 0 Å². The van der Waals surface area contributed by atoms with E-state index in [0.29, 0.717) is 17.5 Å². The molecule has 0 aliphatic carbocycles. The molecule has 4 nitrogen and oxygen atoms in total. The van der Waals surface area contributed by atoms with Crippen LogP contribution in [0, 0.1) is 0 Å². The molecule has 370 valence electrons. The van der Waals surface area contributed by atoms with Crippen molar-refractivity contribution < 1.29 is 0 Å². The summed E-state index contributed by atoms with van der Waals surface area (Å²) in [6.45, 7) is 0. The van der Waals surface area contributed by atoms with Crippen LogP contribution in [0.2, 0.25) is 0 Å². The fourth-order valence-corrected chi connectivity index (χ4v) is 11.1. The summed E-state index contributed by atoms with van der Waals surface area (Å²) in [4.78, 5) is 16.0. The van der Waals surface area contributed by atoms with E-state index in [-0.39, 0.29) is 0 Å². The lowest BCUT2D eigenvalue weighted by molar-refractivity contribution is 1.07. The number of fused-ring (bicyclic) bond motifs is 3. The highest BCUT2D eigenvalue weighted by Crippen LogP contribution is 2.46. The van der Waals surface area contributed by atoms with Crippen LogP contribution < -0.4 is 0 Å². The summed E-state index contributed by atoms with van der Waals surface area (Å²) in [5.74, 6) is 1.78. The average Bonchev–Trinajstić information content (AvgIpc) is 3.87. The molecular weight excluding hydrogens is 957 g/mol. The Morgan fingerprint density at radius 2 is 0.430 bits per heavy atom. The van der Waals surface area contributed by atoms with Crippen molar-refractivity contribution >= 4 is 21.8 Å². The van der Waals surface area contributed by atoms with E-state index in [0.717, 1.165) is 100 Å². The van der Waals surface area contributed by atoms with Crippen molar-refractivity contribution in [1.82, 2.24) is 19.5 Å². The van der Waals surface area contributed by atoms with Crippen LogP contribution in [0.3, 0.4) is 0 Å². The van der Waals surface area contributed by atoms with Gasteiger partial charge in [-0.25, -0.2) is 15.0 Å². The van der Waals surface area contributed by atoms with Crippen LogP contribution in [0.5, 0.6) is 0 Å². The van der Waals surface area contributed by atoms with Crippen LogP contribution in [-0.2, 0) is 0 Å². The van der Waals surface area contributed by atoms with E-state index in [9.17, 15) is 0 Å². The summed E-state index contributed by atoms with van der Waals surface area (Å²) in [5.41, 5.74) is 21.7. The van der Waals surface area contributed by atoms with Crippen molar-refractivity contribution in [3.8, 4) is 118 Å². The van der Waals surface area contributed by atoms with Crippen LogP contribution in [0.4, 0.5) is 0 Å². The van der Waals surface area contributed by atoms with Gasteiger partial charge in [-0.05, 0) is 103 Å². The first kappa shape index (κ1) is 46.9. The normalized spacial score (nSPS) is 11.3. The summed E-state index contributed by atoms with van der Waals surface area (Å²) in [5, 5.41) is 2.34. The minimum absolute atomic E-state index is 0.578. The molecule has 2 aromatic heterocycles. The highest BCUT2D eigenvalue weighted by atomic mass is 15.0. The average molecular weight is 1010 g/mol. The second-order valence-corrected chi connectivity index (χ2v) is 20.0. The number of hydrogen-bond acceptors (Lipinski definition) is 3. The summed E-state index contributed by atoms with van der Waals surface area (Å²) < 4.78 is 2.50. The van der Waals surface area contributed by atoms with Crippen molar-refractivity contribution in [3.63, 3.8) is 0 Å².